The summed E-state index contributed by atoms with van der Waals surface area (Å²) in [6, 6.07) is 13.5. The normalized spacial score (nSPS) is 10.6. The second-order valence-electron chi connectivity index (χ2n) is 5.34. The van der Waals surface area contributed by atoms with Gasteiger partial charge in [0.05, 0.1) is 0 Å². The molecule has 122 valence electrons. The third-order valence-corrected chi connectivity index (χ3v) is 4.15. The molecule has 0 spiro atoms. The molecule has 0 atom stereocenters. The van der Waals surface area contributed by atoms with Gasteiger partial charge in [-0.25, -0.2) is 4.39 Å². The van der Waals surface area contributed by atoms with E-state index in [2.05, 4.69) is 26.4 Å². The summed E-state index contributed by atoms with van der Waals surface area (Å²) in [5, 5.41) is 6.52. The molecule has 2 aromatic carbocycles. The molecule has 0 saturated heterocycles. The van der Waals surface area contributed by atoms with E-state index in [0.29, 0.717) is 5.76 Å². The summed E-state index contributed by atoms with van der Waals surface area (Å²) in [5.41, 5.74) is 2.64. The molecule has 3 rings (SSSR count). The first-order chi connectivity index (χ1) is 11.5. The molecule has 24 heavy (non-hydrogen) atoms. The van der Waals surface area contributed by atoms with Crippen molar-refractivity contribution >= 4 is 21.8 Å². The van der Waals surface area contributed by atoms with Gasteiger partial charge in [-0.15, -0.1) is 0 Å². The quantitative estimate of drug-likeness (QED) is 0.716. The number of nitrogens with zero attached hydrogens (tertiary/aromatic N) is 1. The Hall–Kier alpha value is -2.47. The Balaban J connectivity index is 1.70. The second-order valence-corrected chi connectivity index (χ2v) is 6.25. The maximum atomic E-state index is 13.3. The number of benzene rings is 2. The van der Waals surface area contributed by atoms with Gasteiger partial charge in [0.2, 0.25) is 0 Å². The lowest BCUT2D eigenvalue weighted by molar-refractivity contribution is 0.0942. The summed E-state index contributed by atoms with van der Waals surface area (Å²) in [7, 11) is 0. The Morgan fingerprint density at radius 1 is 1.21 bits per heavy atom. The molecule has 1 aromatic heterocycles. The van der Waals surface area contributed by atoms with Crippen LogP contribution in [-0.2, 0) is 6.54 Å². The Morgan fingerprint density at radius 2 is 1.96 bits per heavy atom. The summed E-state index contributed by atoms with van der Waals surface area (Å²) in [6.45, 7) is 2.09. The molecule has 1 amide bonds. The lowest BCUT2D eigenvalue weighted by atomic mass is 10.1. The fourth-order valence-corrected chi connectivity index (χ4v) is 2.49. The number of rotatable bonds is 4. The van der Waals surface area contributed by atoms with Crippen LogP contribution < -0.4 is 5.32 Å². The van der Waals surface area contributed by atoms with E-state index < -0.39 is 0 Å². The minimum Gasteiger partial charge on any atom is -0.355 e. The van der Waals surface area contributed by atoms with Crippen LogP contribution in [0.15, 0.2) is 57.5 Å². The van der Waals surface area contributed by atoms with Gasteiger partial charge in [0.25, 0.3) is 5.91 Å². The Kier molecular flexibility index (Phi) is 4.76. The summed E-state index contributed by atoms with van der Waals surface area (Å²) in [5.74, 6) is -0.191. The molecule has 6 heteroatoms. The van der Waals surface area contributed by atoms with E-state index in [9.17, 15) is 9.18 Å². The van der Waals surface area contributed by atoms with Crippen molar-refractivity contribution in [2.45, 2.75) is 13.5 Å². The smallest absolute Gasteiger partial charge is 0.273 e. The predicted molar refractivity (Wildman–Crippen MR) is 91.9 cm³/mol. The summed E-state index contributed by atoms with van der Waals surface area (Å²) in [4.78, 5) is 12.2. The first kappa shape index (κ1) is 16.4. The fourth-order valence-electron chi connectivity index (χ4n) is 2.23. The maximum Gasteiger partial charge on any atom is 0.273 e. The fraction of sp³-hybridized carbons (Fsp3) is 0.111. The molecule has 0 aliphatic carbocycles. The number of aromatic nitrogens is 1. The average molecular weight is 389 g/mol. The van der Waals surface area contributed by atoms with Gasteiger partial charge in [0.1, 0.15) is 5.82 Å². The van der Waals surface area contributed by atoms with Crippen molar-refractivity contribution in [1.29, 1.82) is 0 Å². The molecule has 1 N–H and O–H groups in total. The number of nitrogens with one attached hydrogen (secondary N) is 1. The van der Waals surface area contributed by atoms with Crippen molar-refractivity contribution in [3.63, 3.8) is 0 Å². The SMILES string of the molecule is Cc1ccc(F)cc1CNC(=O)c1cc(-c2ccc(Br)cc2)on1. The maximum absolute atomic E-state index is 13.3. The van der Waals surface area contributed by atoms with Crippen LogP contribution in [0.3, 0.4) is 0 Å². The van der Waals surface area contributed by atoms with Crippen LogP contribution in [0.5, 0.6) is 0 Å². The van der Waals surface area contributed by atoms with Crippen LogP contribution in [-0.4, -0.2) is 11.1 Å². The van der Waals surface area contributed by atoms with Crippen molar-refractivity contribution in [1.82, 2.24) is 10.5 Å². The van der Waals surface area contributed by atoms with E-state index in [0.717, 1.165) is 21.2 Å². The van der Waals surface area contributed by atoms with Crippen molar-refractivity contribution in [2.24, 2.45) is 0 Å². The van der Waals surface area contributed by atoms with Crippen LogP contribution >= 0.6 is 15.9 Å². The number of carbonyl (C=O) groups is 1. The molecular formula is C18H14BrFN2O2. The molecule has 0 aliphatic rings. The zero-order valence-corrected chi connectivity index (χ0v) is 14.4. The van der Waals surface area contributed by atoms with E-state index in [4.69, 9.17) is 4.52 Å². The van der Waals surface area contributed by atoms with Gasteiger partial charge in [-0.05, 0) is 42.3 Å². The summed E-state index contributed by atoms with van der Waals surface area (Å²) in [6.07, 6.45) is 0. The molecule has 0 saturated carbocycles. The highest BCUT2D eigenvalue weighted by atomic mass is 79.9. The molecule has 1 heterocycles. The summed E-state index contributed by atoms with van der Waals surface area (Å²) >= 11 is 3.36. The first-order valence-electron chi connectivity index (χ1n) is 7.29. The van der Waals surface area contributed by atoms with E-state index in [-0.39, 0.29) is 24.0 Å². The Morgan fingerprint density at radius 3 is 2.71 bits per heavy atom. The highest BCUT2D eigenvalue weighted by Crippen LogP contribution is 2.22. The standard InChI is InChI=1S/C18H14BrFN2O2/c1-11-2-7-15(20)8-13(11)10-21-18(23)16-9-17(24-22-16)12-3-5-14(19)6-4-12/h2-9H,10H2,1H3,(H,21,23). The van der Waals surface area contributed by atoms with Crippen LogP contribution in [0, 0.1) is 12.7 Å². The number of aryl methyl sites for hydroxylation is 1. The molecule has 0 unspecified atom stereocenters. The van der Waals surface area contributed by atoms with Crippen LogP contribution in [0.1, 0.15) is 21.6 Å². The number of hydrogen-bond donors (Lipinski definition) is 1. The van der Waals surface area contributed by atoms with Gasteiger partial charge in [0, 0.05) is 22.6 Å². The minimum atomic E-state index is -0.370. The Bertz CT molecular complexity index is 875. The monoisotopic (exact) mass is 388 g/mol. The number of amides is 1. The zero-order valence-electron chi connectivity index (χ0n) is 12.8. The molecule has 0 bridgehead atoms. The molecule has 3 aromatic rings. The molecular weight excluding hydrogens is 375 g/mol. The van der Waals surface area contributed by atoms with E-state index in [1.54, 1.807) is 12.1 Å². The number of hydrogen-bond acceptors (Lipinski definition) is 3. The van der Waals surface area contributed by atoms with Crippen LogP contribution in [0.25, 0.3) is 11.3 Å². The van der Waals surface area contributed by atoms with Crippen molar-refractivity contribution < 1.29 is 13.7 Å². The van der Waals surface area contributed by atoms with Gasteiger partial charge in [-0.2, -0.15) is 0 Å². The van der Waals surface area contributed by atoms with E-state index >= 15 is 0 Å². The van der Waals surface area contributed by atoms with Crippen molar-refractivity contribution in [3.8, 4) is 11.3 Å². The molecule has 0 fully saturated rings. The summed E-state index contributed by atoms with van der Waals surface area (Å²) < 4.78 is 19.4. The minimum absolute atomic E-state index is 0.182. The van der Waals surface area contributed by atoms with Gasteiger partial charge in [0.15, 0.2) is 11.5 Å². The van der Waals surface area contributed by atoms with Gasteiger partial charge >= 0.3 is 0 Å². The second kappa shape index (κ2) is 6.97. The van der Waals surface area contributed by atoms with E-state index in [1.807, 2.05) is 31.2 Å². The van der Waals surface area contributed by atoms with E-state index in [1.165, 1.54) is 12.1 Å². The first-order valence-corrected chi connectivity index (χ1v) is 8.08. The largest absolute Gasteiger partial charge is 0.355 e. The lowest BCUT2D eigenvalue weighted by Crippen LogP contribution is -2.23. The highest BCUT2D eigenvalue weighted by Gasteiger charge is 2.14. The number of carbonyl (C=O) groups excluding carboxylic acids is 1. The van der Waals surface area contributed by atoms with Gasteiger partial charge in [-0.3, -0.25) is 4.79 Å². The predicted octanol–water partition coefficient (Wildman–Crippen LogP) is 4.48. The topological polar surface area (TPSA) is 55.1 Å². The van der Waals surface area contributed by atoms with Crippen LogP contribution in [0.2, 0.25) is 0 Å². The van der Waals surface area contributed by atoms with Crippen LogP contribution in [0.4, 0.5) is 4.39 Å². The Labute approximate surface area is 146 Å². The third kappa shape index (κ3) is 3.71. The third-order valence-electron chi connectivity index (χ3n) is 3.62. The number of halogens is 2. The van der Waals surface area contributed by atoms with Gasteiger partial charge < -0.3 is 9.84 Å². The zero-order chi connectivity index (χ0) is 17.1. The lowest BCUT2D eigenvalue weighted by Gasteiger charge is -2.06. The van der Waals surface area contributed by atoms with Crippen molar-refractivity contribution in [3.05, 3.63) is 75.6 Å². The average Bonchev–Trinajstić information content (AvgIpc) is 3.06. The molecule has 4 nitrogen and oxygen atoms in total. The van der Waals surface area contributed by atoms with Gasteiger partial charge in [-0.1, -0.05) is 39.3 Å². The molecule has 0 radical (unpaired) electrons. The molecule has 0 aliphatic heterocycles. The van der Waals surface area contributed by atoms with Crippen molar-refractivity contribution in [2.75, 3.05) is 0 Å². The highest BCUT2D eigenvalue weighted by molar-refractivity contribution is 9.10.